The number of carbonyl (C=O) groups excluding carboxylic acids is 2. The summed E-state index contributed by atoms with van der Waals surface area (Å²) in [5, 5.41) is 13.7. The van der Waals surface area contributed by atoms with Crippen molar-refractivity contribution in [2.45, 2.75) is 104 Å². The zero-order valence-electron chi connectivity index (χ0n) is 18.1. The summed E-state index contributed by atoms with van der Waals surface area (Å²) < 4.78 is 5.72. The molecule has 0 bridgehead atoms. The van der Waals surface area contributed by atoms with Crippen molar-refractivity contribution >= 4 is 11.8 Å². The van der Waals surface area contributed by atoms with E-state index in [4.69, 9.17) is 4.74 Å². The number of nitrogens with one attached hydrogen (secondary N) is 1. The zero-order chi connectivity index (χ0) is 20.7. The number of ketones is 1. The molecule has 1 rings (SSSR count). The highest BCUT2D eigenvalue weighted by molar-refractivity contribution is 5.85. The Morgan fingerprint density at radius 2 is 1.85 bits per heavy atom. The highest BCUT2D eigenvalue weighted by Gasteiger charge is 2.31. The third-order valence-corrected chi connectivity index (χ3v) is 5.72. The van der Waals surface area contributed by atoms with E-state index in [1.165, 1.54) is 0 Å². The maximum absolute atomic E-state index is 12.5. The summed E-state index contributed by atoms with van der Waals surface area (Å²) in [4.78, 5) is 24.9. The fourth-order valence-electron chi connectivity index (χ4n) is 3.25. The molecule has 27 heavy (non-hydrogen) atoms. The zero-order valence-corrected chi connectivity index (χ0v) is 18.1. The van der Waals surface area contributed by atoms with Gasteiger partial charge in [-0.3, -0.25) is 9.59 Å². The van der Waals surface area contributed by atoms with Gasteiger partial charge in [-0.05, 0) is 52.5 Å². The first-order valence-corrected chi connectivity index (χ1v) is 10.3. The summed E-state index contributed by atoms with van der Waals surface area (Å²) in [5.41, 5.74) is 0.298. The molecule has 1 aliphatic heterocycles. The minimum atomic E-state index is -0.636. The molecule has 1 fully saturated rings. The summed E-state index contributed by atoms with van der Waals surface area (Å²) in [6.07, 6.45) is 5.32. The van der Waals surface area contributed by atoms with Crippen molar-refractivity contribution in [1.29, 1.82) is 0 Å². The van der Waals surface area contributed by atoms with E-state index in [1.807, 2.05) is 33.8 Å². The van der Waals surface area contributed by atoms with Gasteiger partial charge in [-0.2, -0.15) is 0 Å². The normalized spacial score (nSPS) is 29.2. The average Bonchev–Trinajstić information content (AvgIpc) is 2.59. The number of hydrogen-bond acceptors (Lipinski definition) is 5. The van der Waals surface area contributed by atoms with Crippen molar-refractivity contribution < 1.29 is 19.4 Å². The highest BCUT2D eigenvalue weighted by atomic mass is 16.5. The third kappa shape index (κ3) is 8.56. The van der Waals surface area contributed by atoms with Crippen LogP contribution < -0.4 is 5.32 Å². The van der Waals surface area contributed by atoms with Gasteiger partial charge in [-0.15, -0.1) is 0 Å². The molecule has 0 amide bonds. The first-order valence-electron chi connectivity index (χ1n) is 10.3. The fraction of sp³-hybridized carbons (Fsp3) is 0.818. The van der Waals surface area contributed by atoms with Gasteiger partial charge in [-0.1, -0.05) is 32.8 Å². The molecule has 0 aromatic carbocycles. The SMILES string of the molecule is C/C=C(\C)C1CNC(C)(C)CCCCC(O)CC(=O)C(C)(C)CCC(=O)O1. The number of esters is 1. The summed E-state index contributed by atoms with van der Waals surface area (Å²) in [7, 11) is 0. The first kappa shape index (κ1) is 23.8. The van der Waals surface area contributed by atoms with Crippen LogP contribution in [0.25, 0.3) is 0 Å². The second-order valence-electron chi connectivity index (χ2n) is 9.19. The van der Waals surface area contributed by atoms with E-state index < -0.39 is 11.5 Å². The molecular weight excluding hydrogens is 342 g/mol. The van der Waals surface area contributed by atoms with Crippen LogP contribution in [0.5, 0.6) is 0 Å². The largest absolute Gasteiger partial charge is 0.456 e. The van der Waals surface area contributed by atoms with E-state index in [2.05, 4.69) is 19.2 Å². The Hall–Kier alpha value is -1.20. The van der Waals surface area contributed by atoms with Gasteiger partial charge >= 0.3 is 5.97 Å². The summed E-state index contributed by atoms with van der Waals surface area (Å²) >= 11 is 0. The Balaban J connectivity index is 2.91. The van der Waals surface area contributed by atoms with Gasteiger partial charge in [0.1, 0.15) is 11.9 Å². The topological polar surface area (TPSA) is 75.6 Å². The summed E-state index contributed by atoms with van der Waals surface area (Å²) in [6, 6.07) is 0. The lowest BCUT2D eigenvalue weighted by Gasteiger charge is -2.30. The minimum Gasteiger partial charge on any atom is -0.456 e. The van der Waals surface area contributed by atoms with Crippen LogP contribution in [-0.4, -0.2) is 41.2 Å². The van der Waals surface area contributed by atoms with Crippen LogP contribution >= 0.6 is 0 Å². The molecule has 2 N–H and O–H groups in total. The second kappa shape index (κ2) is 10.4. The molecule has 5 nitrogen and oxygen atoms in total. The lowest BCUT2D eigenvalue weighted by atomic mass is 9.80. The number of carbonyl (C=O) groups is 2. The van der Waals surface area contributed by atoms with E-state index in [0.29, 0.717) is 19.4 Å². The maximum atomic E-state index is 12.5. The molecule has 2 unspecified atom stereocenters. The van der Waals surface area contributed by atoms with Crippen LogP contribution in [0, 0.1) is 5.41 Å². The molecule has 1 heterocycles. The van der Waals surface area contributed by atoms with E-state index in [1.54, 1.807) is 0 Å². The van der Waals surface area contributed by atoms with Crippen LogP contribution in [0.3, 0.4) is 0 Å². The Bertz CT molecular complexity index is 536. The van der Waals surface area contributed by atoms with Crippen molar-refractivity contribution in [2.24, 2.45) is 5.41 Å². The lowest BCUT2D eigenvalue weighted by Crippen LogP contribution is -2.45. The smallest absolute Gasteiger partial charge is 0.306 e. The highest BCUT2D eigenvalue weighted by Crippen LogP contribution is 2.27. The number of aliphatic hydroxyl groups excluding tert-OH is 1. The molecule has 0 aromatic heterocycles. The maximum Gasteiger partial charge on any atom is 0.306 e. The van der Waals surface area contributed by atoms with Crippen molar-refractivity contribution in [1.82, 2.24) is 5.32 Å². The standard InChI is InChI=1S/C22H39NO4/c1-7-16(2)18-15-23-22(5,6)12-9-8-10-17(24)14-19(25)21(3,4)13-11-20(26)27-18/h7,17-18,23-24H,8-15H2,1-6H3/b16-7+. The van der Waals surface area contributed by atoms with Crippen LogP contribution in [-0.2, 0) is 14.3 Å². The number of Topliss-reactive ketones (excluding diaryl/α,β-unsaturated/α-hetero) is 1. The molecule has 0 aliphatic carbocycles. The van der Waals surface area contributed by atoms with Gasteiger partial charge in [0, 0.05) is 30.3 Å². The number of rotatable bonds is 1. The predicted octanol–water partition coefficient (Wildman–Crippen LogP) is 3.93. The molecular formula is C22H39NO4. The number of aliphatic hydroxyl groups is 1. The average molecular weight is 382 g/mol. The third-order valence-electron chi connectivity index (χ3n) is 5.72. The van der Waals surface area contributed by atoms with Crippen LogP contribution in [0.15, 0.2) is 11.6 Å². The predicted molar refractivity (Wildman–Crippen MR) is 109 cm³/mol. The quantitative estimate of drug-likeness (QED) is 0.532. The van der Waals surface area contributed by atoms with Crippen LogP contribution in [0.4, 0.5) is 0 Å². The Labute approximate surface area is 164 Å². The number of hydrogen-bond donors (Lipinski definition) is 2. The molecule has 2 atom stereocenters. The van der Waals surface area contributed by atoms with Gasteiger partial charge in [-0.25, -0.2) is 0 Å². The van der Waals surface area contributed by atoms with E-state index in [9.17, 15) is 14.7 Å². The van der Waals surface area contributed by atoms with Crippen molar-refractivity contribution in [3.05, 3.63) is 11.6 Å². The van der Waals surface area contributed by atoms with E-state index in [0.717, 1.165) is 24.8 Å². The number of allylic oxidation sites excluding steroid dienone is 1. The first-order chi connectivity index (χ1) is 12.5. The fourth-order valence-corrected chi connectivity index (χ4v) is 3.25. The lowest BCUT2D eigenvalue weighted by molar-refractivity contribution is -0.148. The van der Waals surface area contributed by atoms with Gasteiger partial charge in [0.15, 0.2) is 0 Å². The number of cyclic esters (lactones) is 1. The van der Waals surface area contributed by atoms with Gasteiger partial charge < -0.3 is 15.2 Å². The molecule has 0 spiro atoms. The molecule has 1 aliphatic rings. The monoisotopic (exact) mass is 381 g/mol. The van der Waals surface area contributed by atoms with Gasteiger partial charge in [0.05, 0.1) is 6.10 Å². The second-order valence-corrected chi connectivity index (χ2v) is 9.19. The molecule has 0 aromatic rings. The Kier molecular flexibility index (Phi) is 9.16. The van der Waals surface area contributed by atoms with Crippen LogP contribution in [0.2, 0.25) is 0 Å². The van der Waals surface area contributed by atoms with Crippen molar-refractivity contribution in [3.63, 3.8) is 0 Å². The minimum absolute atomic E-state index is 0.0121. The van der Waals surface area contributed by atoms with E-state index >= 15 is 0 Å². The van der Waals surface area contributed by atoms with Gasteiger partial charge in [0.25, 0.3) is 0 Å². The summed E-state index contributed by atoms with van der Waals surface area (Å²) in [6.45, 7) is 12.5. The Morgan fingerprint density at radius 1 is 1.19 bits per heavy atom. The molecule has 1 saturated heterocycles. The molecule has 5 heteroatoms. The van der Waals surface area contributed by atoms with Crippen molar-refractivity contribution in [2.75, 3.05) is 6.54 Å². The van der Waals surface area contributed by atoms with Crippen molar-refractivity contribution in [3.8, 4) is 0 Å². The van der Waals surface area contributed by atoms with E-state index in [-0.39, 0.29) is 36.2 Å². The number of ether oxygens (including phenoxy) is 1. The Morgan fingerprint density at radius 3 is 2.48 bits per heavy atom. The van der Waals surface area contributed by atoms with Gasteiger partial charge in [0.2, 0.25) is 0 Å². The molecule has 0 radical (unpaired) electrons. The van der Waals surface area contributed by atoms with Crippen LogP contribution in [0.1, 0.15) is 86.5 Å². The summed E-state index contributed by atoms with van der Waals surface area (Å²) in [5.74, 6) is -0.271. The molecule has 0 saturated carbocycles. The molecule has 156 valence electrons.